The average molecular weight is 1070 g/mol. The van der Waals surface area contributed by atoms with E-state index in [1.54, 1.807) is 37.5 Å². The Hall–Kier alpha value is -8.48. The second-order valence-electron chi connectivity index (χ2n) is 18.5. The van der Waals surface area contributed by atoms with E-state index in [-0.39, 0.29) is 83.4 Å². The van der Waals surface area contributed by atoms with Gasteiger partial charge in [-0.1, -0.05) is 108 Å². The van der Waals surface area contributed by atoms with Crippen LogP contribution in [-0.4, -0.2) is 78.1 Å². The predicted molar refractivity (Wildman–Crippen MR) is 293 cm³/mol. The number of amides is 3. The number of benzene rings is 4. The molecule has 2 aliphatic rings. The van der Waals surface area contributed by atoms with Gasteiger partial charge < -0.3 is 41.0 Å². The molecule has 3 amide bonds. The fourth-order valence-corrected chi connectivity index (χ4v) is 8.70. The van der Waals surface area contributed by atoms with E-state index in [1.165, 1.54) is 30.6 Å². The molecule has 0 fully saturated rings. The second kappa shape index (κ2) is 24.7. The Bertz CT molecular complexity index is 3340. The van der Waals surface area contributed by atoms with Gasteiger partial charge in [-0.2, -0.15) is 0 Å². The summed E-state index contributed by atoms with van der Waals surface area (Å²) >= 11 is 12.6. The molecular weight excluding hydrogens is 1010 g/mol. The number of carbonyl (C=O) groups is 3. The van der Waals surface area contributed by atoms with Gasteiger partial charge in [0.05, 0.1) is 6.04 Å². The van der Waals surface area contributed by atoms with E-state index in [1.807, 2.05) is 144 Å². The minimum atomic E-state index is -0.604. The number of nitrogen functional groups attached to an aromatic ring is 1. The Labute approximate surface area is 448 Å². The van der Waals surface area contributed by atoms with Crippen LogP contribution in [0.3, 0.4) is 0 Å². The van der Waals surface area contributed by atoms with E-state index in [9.17, 15) is 33.9 Å². The number of nitrogens with one attached hydrogen (secondary N) is 2. The van der Waals surface area contributed by atoms with Crippen LogP contribution in [0.2, 0.25) is 10.0 Å². The summed E-state index contributed by atoms with van der Waals surface area (Å²) in [5.74, 6) is 4.18. The van der Waals surface area contributed by atoms with Crippen molar-refractivity contribution in [1.82, 2.24) is 29.1 Å². The molecule has 4 aromatic carbocycles. The number of pyridine rings is 3. The standard InChI is InChI=1S/C23H21Cl2N3O3.C17H19N3O3.C16H19N3O3/c1-14(2)26-13-28(27-10-9-19(29)22(30)21(27)23(26)31)20(15-5-3-7-17(24)11-15)16-6-4-8-18(25)12-16;1-12(2)19-11-18-20-9-8-14(21)16(15(20)17(19)22)23-10-13-6-4-3-5-7-13;1-11(2)18-16(21)14-15(13(20)8-9-19(14)17)22-10-12-6-4-3-5-7-12/h3-12,14,20,30H,13H2,1-2H3;3-9,12,18H,10-11H2,1-2H3;3-9,11H,10,17H2,1-2H3,(H,18,21). The van der Waals surface area contributed by atoms with Crippen molar-refractivity contribution in [3.05, 3.63) is 226 Å². The third-order valence-corrected chi connectivity index (χ3v) is 12.5. The summed E-state index contributed by atoms with van der Waals surface area (Å²) < 4.78 is 15.5. The molecule has 5 heterocycles. The Morgan fingerprint density at radius 1 is 0.645 bits per heavy atom. The molecule has 0 bridgehead atoms. The van der Waals surface area contributed by atoms with Gasteiger partial charge in [0.25, 0.3) is 17.7 Å². The maximum atomic E-state index is 13.1. The molecule has 2 aliphatic heterocycles. The number of aromatic hydroxyl groups is 1. The molecule has 0 saturated heterocycles. The minimum Gasteiger partial charge on any atom is -0.502 e. The van der Waals surface area contributed by atoms with E-state index in [2.05, 4.69) is 10.7 Å². The lowest BCUT2D eigenvalue weighted by atomic mass is 9.98. The molecule has 3 aromatic heterocycles. The highest BCUT2D eigenvalue weighted by Gasteiger charge is 2.38. The lowest BCUT2D eigenvalue weighted by Gasteiger charge is -2.45. The quantitative estimate of drug-likeness (QED) is 0.0828. The number of rotatable bonds is 13. The largest absolute Gasteiger partial charge is 0.502 e. The molecule has 0 radical (unpaired) electrons. The van der Waals surface area contributed by atoms with Crippen molar-refractivity contribution in [3.8, 4) is 17.2 Å². The van der Waals surface area contributed by atoms with Crippen molar-refractivity contribution in [1.29, 1.82) is 0 Å². The van der Waals surface area contributed by atoms with Crippen molar-refractivity contribution in [2.75, 3.05) is 29.6 Å². The zero-order chi connectivity index (χ0) is 54.8. The second-order valence-corrected chi connectivity index (χ2v) is 19.4. The first-order chi connectivity index (χ1) is 36.3. The van der Waals surface area contributed by atoms with Crippen molar-refractivity contribution >= 4 is 40.9 Å². The first-order valence-electron chi connectivity index (χ1n) is 24.3. The number of halogens is 2. The first kappa shape index (κ1) is 55.3. The van der Waals surface area contributed by atoms with Gasteiger partial charge in [0.1, 0.15) is 26.6 Å². The number of carbonyl (C=O) groups excluding carboxylic acids is 3. The van der Waals surface area contributed by atoms with Gasteiger partial charge in [0.15, 0.2) is 34.3 Å². The molecule has 76 heavy (non-hydrogen) atoms. The van der Waals surface area contributed by atoms with Crippen molar-refractivity contribution < 1.29 is 29.0 Å². The molecular formula is C56H59Cl2N9O9. The molecule has 0 atom stereocenters. The van der Waals surface area contributed by atoms with Crippen LogP contribution in [0.4, 0.5) is 0 Å². The third kappa shape index (κ3) is 12.9. The van der Waals surface area contributed by atoms with E-state index in [0.29, 0.717) is 16.7 Å². The summed E-state index contributed by atoms with van der Waals surface area (Å²) in [5.41, 5.74) is 5.57. The minimum absolute atomic E-state index is 0.0112. The van der Waals surface area contributed by atoms with Crippen LogP contribution < -0.4 is 47.4 Å². The fourth-order valence-electron chi connectivity index (χ4n) is 8.30. The molecule has 9 rings (SSSR count). The Kier molecular flexibility index (Phi) is 18.0. The van der Waals surface area contributed by atoms with Gasteiger partial charge in [0, 0.05) is 65.0 Å². The predicted octanol–water partition coefficient (Wildman–Crippen LogP) is 7.48. The lowest BCUT2D eigenvalue weighted by molar-refractivity contribution is 0.0620. The van der Waals surface area contributed by atoms with Crippen LogP contribution in [0, 0.1) is 0 Å². The molecule has 20 heteroatoms. The summed E-state index contributed by atoms with van der Waals surface area (Å²) in [7, 11) is 0. The highest BCUT2D eigenvalue weighted by Crippen LogP contribution is 2.34. The SMILES string of the molecule is CC(C)N1CN(C(c2cccc(Cl)c2)c2cccc(Cl)c2)n2ccc(=O)c(O)c2C1=O.CC(C)N1CNn2ccc(=O)c(OCc3ccccc3)c2C1=O.CC(C)NC(=O)c1c(OCc2ccccc2)c(=O)ccn1N. The first-order valence-corrected chi connectivity index (χ1v) is 25.1. The molecule has 5 N–H and O–H groups in total. The number of nitrogens with zero attached hydrogens (tertiary/aromatic N) is 6. The van der Waals surface area contributed by atoms with Gasteiger partial charge in [-0.25, -0.2) is 0 Å². The fraction of sp³-hybridized carbons (Fsp3) is 0.250. The van der Waals surface area contributed by atoms with Crippen molar-refractivity contribution in [2.45, 2.75) is 78.9 Å². The highest BCUT2D eigenvalue weighted by atomic mass is 35.5. The summed E-state index contributed by atoms with van der Waals surface area (Å²) in [5, 5.41) is 16.3. The third-order valence-electron chi connectivity index (χ3n) is 12.1. The van der Waals surface area contributed by atoms with Crippen LogP contribution in [0.5, 0.6) is 17.2 Å². The maximum absolute atomic E-state index is 13.1. The molecule has 18 nitrogen and oxygen atoms in total. The van der Waals surface area contributed by atoms with E-state index >= 15 is 0 Å². The molecule has 396 valence electrons. The number of hydrogen-bond donors (Lipinski definition) is 4. The zero-order valence-corrected chi connectivity index (χ0v) is 44.2. The van der Waals surface area contributed by atoms with Crippen molar-refractivity contribution in [2.24, 2.45) is 0 Å². The average Bonchev–Trinajstić information content (AvgIpc) is 3.38. The van der Waals surface area contributed by atoms with E-state index < -0.39 is 29.0 Å². The molecule has 0 spiro atoms. The number of nitrogens with two attached hydrogens (primary N) is 1. The van der Waals surface area contributed by atoms with Gasteiger partial charge in [-0.05, 0) is 88.1 Å². The van der Waals surface area contributed by atoms with Crippen LogP contribution >= 0.6 is 23.2 Å². The summed E-state index contributed by atoms with van der Waals surface area (Å²) in [4.78, 5) is 77.7. The molecule has 0 saturated carbocycles. The molecule has 0 unspecified atom stereocenters. The van der Waals surface area contributed by atoms with Gasteiger partial charge >= 0.3 is 0 Å². The Balaban J connectivity index is 0.000000169. The number of ether oxygens (including phenoxy) is 2. The molecule has 0 aliphatic carbocycles. The van der Waals surface area contributed by atoms with E-state index in [4.69, 9.17) is 38.5 Å². The smallest absolute Gasteiger partial charge is 0.278 e. The summed E-state index contributed by atoms with van der Waals surface area (Å²) in [6.07, 6.45) is 4.41. The highest BCUT2D eigenvalue weighted by molar-refractivity contribution is 6.31. The summed E-state index contributed by atoms with van der Waals surface area (Å²) in [6, 6.07) is 37.1. The Morgan fingerprint density at radius 2 is 1.16 bits per heavy atom. The van der Waals surface area contributed by atoms with Crippen LogP contribution in [0.25, 0.3) is 0 Å². The van der Waals surface area contributed by atoms with Crippen LogP contribution in [0.1, 0.15) is 101 Å². The normalized spacial score (nSPS) is 12.8. The topological polar surface area (TPSA) is 216 Å². The van der Waals surface area contributed by atoms with Crippen molar-refractivity contribution in [3.63, 3.8) is 0 Å². The zero-order valence-electron chi connectivity index (χ0n) is 42.7. The summed E-state index contributed by atoms with van der Waals surface area (Å²) in [6.45, 7) is 12.3. The van der Waals surface area contributed by atoms with Gasteiger partial charge in [-0.15, -0.1) is 0 Å². The Morgan fingerprint density at radius 3 is 1.70 bits per heavy atom. The van der Waals surface area contributed by atoms with Crippen LogP contribution in [0.15, 0.2) is 160 Å². The number of fused-ring (bicyclic) bond motifs is 2. The number of aromatic nitrogens is 3. The number of hydrogen-bond acceptors (Lipinski definition) is 12. The maximum Gasteiger partial charge on any atom is 0.278 e. The van der Waals surface area contributed by atoms with Gasteiger partial charge in [-0.3, -0.25) is 47.8 Å². The van der Waals surface area contributed by atoms with E-state index in [0.717, 1.165) is 26.9 Å². The molecule has 7 aromatic rings. The van der Waals surface area contributed by atoms with Gasteiger partial charge in [0.2, 0.25) is 16.3 Å². The van der Waals surface area contributed by atoms with Crippen LogP contribution in [-0.2, 0) is 13.2 Å². The monoisotopic (exact) mass is 1070 g/mol. The lowest BCUT2D eigenvalue weighted by Crippen LogP contribution is -2.57.